The van der Waals surface area contributed by atoms with E-state index in [2.05, 4.69) is 20.8 Å². The molecule has 172 valence electrons. The number of carbonyl (C=O) groups excluding carboxylic acids is 2. The van der Waals surface area contributed by atoms with E-state index in [1.54, 1.807) is 30.3 Å². The van der Waals surface area contributed by atoms with Gasteiger partial charge in [0, 0.05) is 23.9 Å². The number of nitrogens with zero attached hydrogens (tertiary/aromatic N) is 3. The largest absolute Gasteiger partial charge is 0.324 e. The van der Waals surface area contributed by atoms with Gasteiger partial charge in [-0.15, -0.1) is 10.2 Å². The van der Waals surface area contributed by atoms with Crippen LogP contribution in [0.1, 0.15) is 15.9 Å². The number of rotatable bonds is 7. The summed E-state index contributed by atoms with van der Waals surface area (Å²) in [5.41, 5.74) is 3.55. The molecule has 0 spiro atoms. The Hall–Kier alpha value is -3.62. The third-order valence-corrected chi connectivity index (χ3v) is 6.43. The second-order valence-electron chi connectivity index (χ2n) is 7.53. The van der Waals surface area contributed by atoms with Crippen LogP contribution in [0, 0.1) is 6.92 Å². The number of para-hydroxylation sites is 1. The van der Waals surface area contributed by atoms with Crippen molar-refractivity contribution in [1.82, 2.24) is 14.8 Å². The summed E-state index contributed by atoms with van der Waals surface area (Å²) in [6.07, 6.45) is 0. The fourth-order valence-electron chi connectivity index (χ4n) is 3.33. The number of carbonyl (C=O) groups is 2. The van der Waals surface area contributed by atoms with Crippen molar-refractivity contribution < 1.29 is 9.59 Å². The molecule has 0 fully saturated rings. The molecule has 2 N–H and O–H groups in total. The lowest BCUT2D eigenvalue weighted by atomic mass is 10.1. The number of nitrogens with one attached hydrogen (secondary N) is 2. The van der Waals surface area contributed by atoms with Crippen LogP contribution in [0.4, 0.5) is 11.4 Å². The molecule has 0 unspecified atom stereocenters. The number of aromatic nitrogens is 3. The first-order valence-electron chi connectivity index (χ1n) is 10.5. The van der Waals surface area contributed by atoms with Gasteiger partial charge in [-0.05, 0) is 42.8 Å². The first kappa shape index (κ1) is 23.5. The van der Waals surface area contributed by atoms with Gasteiger partial charge in [-0.3, -0.25) is 9.59 Å². The van der Waals surface area contributed by atoms with Gasteiger partial charge >= 0.3 is 0 Å². The average Bonchev–Trinajstić information content (AvgIpc) is 3.20. The molecule has 3 aromatic carbocycles. The van der Waals surface area contributed by atoms with E-state index in [1.807, 2.05) is 61.0 Å². The molecule has 4 aromatic rings. The third kappa shape index (κ3) is 5.47. The second-order valence-corrected chi connectivity index (χ2v) is 8.88. The molecule has 0 saturated carbocycles. The molecule has 9 heteroatoms. The van der Waals surface area contributed by atoms with Crippen LogP contribution in [-0.2, 0) is 11.8 Å². The van der Waals surface area contributed by atoms with E-state index in [1.165, 1.54) is 11.8 Å². The summed E-state index contributed by atoms with van der Waals surface area (Å²) in [6, 6.07) is 21.9. The summed E-state index contributed by atoms with van der Waals surface area (Å²) in [6.45, 7) is 1.90. The van der Waals surface area contributed by atoms with Gasteiger partial charge in [0.05, 0.1) is 16.5 Å². The van der Waals surface area contributed by atoms with Crippen LogP contribution in [0.15, 0.2) is 78.0 Å². The smallest absolute Gasteiger partial charge is 0.255 e. The predicted molar refractivity (Wildman–Crippen MR) is 136 cm³/mol. The highest BCUT2D eigenvalue weighted by atomic mass is 35.5. The van der Waals surface area contributed by atoms with Gasteiger partial charge in [0.25, 0.3) is 5.91 Å². The first-order valence-corrected chi connectivity index (χ1v) is 11.8. The molecule has 7 nitrogen and oxygen atoms in total. The van der Waals surface area contributed by atoms with Crippen molar-refractivity contribution >= 4 is 46.6 Å². The quantitative estimate of drug-likeness (QED) is 0.337. The summed E-state index contributed by atoms with van der Waals surface area (Å²) in [5, 5.41) is 15.3. The van der Waals surface area contributed by atoms with Gasteiger partial charge in [-0.25, -0.2) is 0 Å². The van der Waals surface area contributed by atoms with E-state index in [4.69, 9.17) is 11.6 Å². The zero-order valence-electron chi connectivity index (χ0n) is 18.6. The van der Waals surface area contributed by atoms with Crippen LogP contribution >= 0.6 is 23.4 Å². The Morgan fingerprint density at radius 2 is 1.74 bits per heavy atom. The number of hydrogen-bond donors (Lipinski definition) is 2. The molecular weight excluding hydrogens is 470 g/mol. The summed E-state index contributed by atoms with van der Waals surface area (Å²) < 4.78 is 1.82. The zero-order valence-corrected chi connectivity index (χ0v) is 20.2. The predicted octanol–water partition coefficient (Wildman–Crippen LogP) is 5.43. The Balaban J connectivity index is 1.43. The SMILES string of the molecule is Cc1ccccc1C(=O)Nc1cccc(-c2nnc(SCC(=O)Nc3ccccc3Cl)n2C)c1. The van der Waals surface area contributed by atoms with Crippen molar-refractivity contribution in [3.8, 4) is 11.4 Å². The van der Waals surface area contributed by atoms with E-state index in [0.29, 0.717) is 32.9 Å². The van der Waals surface area contributed by atoms with Gasteiger partial charge in [0.1, 0.15) is 0 Å². The first-order chi connectivity index (χ1) is 16.4. The normalized spacial score (nSPS) is 10.7. The monoisotopic (exact) mass is 491 g/mol. The van der Waals surface area contributed by atoms with E-state index in [9.17, 15) is 9.59 Å². The Labute approximate surface area is 206 Å². The second kappa shape index (κ2) is 10.5. The van der Waals surface area contributed by atoms with Crippen LogP contribution in [0.3, 0.4) is 0 Å². The lowest BCUT2D eigenvalue weighted by Crippen LogP contribution is -2.14. The fourth-order valence-corrected chi connectivity index (χ4v) is 4.23. The maximum atomic E-state index is 12.7. The van der Waals surface area contributed by atoms with Crippen LogP contribution in [0.2, 0.25) is 5.02 Å². The van der Waals surface area contributed by atoms with Crippen LogP contribution in [0.5, 0.6) is 0 Å². The molecule has 0 saturated heterocycles. The third-order valence-electron chi connectivity index (χ3n) is 5.08. The van der Waals surface area contributed by atoms with Gasteiger partial charge < -0.3 is 15.2 Å². The lowest BCUT2D eigenvalue weighted by molar-refractivity contribution is -0.113. The maximum Gasteiger partial charge on any atom is 0.255 e. The van der Waals surface area contributed by atoms with Gasteiger partial charge in [-0.2, -0.15) is 0 Å². The van der Waals surface area contributed by atoms with Crippen molar-refractivity contribution in [2.75, 3.05) is 16.4 Å². The molecule has 0 aliphatic carbocycles. The van der Waals surface area contributed by atoms with Crippen LogP contribution < -0.4 is 10.6 Å². The Bertz CT molecular complexity index is 1350. The van der Waals surface area contributed by atoms with E-state index in [-0.39, 0.29) is 17.6 Å². The summed E-state index contributed by atoms with van der Waals surface area (Å²) >= 11 is 7.37. The minimum Gasteiger partial charge on any atom is -0.324 e. The van der Waals surface area contributed by atoms with E-state index < -0.39 is 0 Å². The van der Waals surface area contributed by atoms with Crippen molar-refractivity contribution in [3.63, 3.8) is 0 Å². The number of benzene rings is 3. The molecule has 0 aliphatic rings. The van der Waals surface area contributed by atoms with Crippen molar-refractivity contribution in [1.29, 1.82) is 0 Å². The van der Waals surface area contributed by atoms with E-state index in [0.717, 1.165) is 11.1 Å². The molecule has 0 bridgehead atoms. The molecule has 34 heavy (non-hydrogen) atoms. The number of thioether (sulfide) groups is 1. The molecule has 4 rings (SSSR count). The van der Waals surface area contributed by atoms with Gasteiger partial charge in [-0.1, -0.05) is 65.8 Å². The highest BCUT2D eigenvalue weighted by Crippen LogP contribution is 2.26. The minimum atomic E-state index is -0.191. The number of aryl methyl sites for hydroxylation is 1. The number of hydrogen-bond acceptors (Lipinski definition) is 5. The molecular formula is C25H22ClN5O2S. The molecule has 1 aromatic heterocycles. The van der Waals surface area contributed by atoms with Gasteiger partial charge in [0.2, 0.25) is 5.91 Å². The Morgan fingerprint density at radius 3 is 2.53 bits per heavy atom. The van der Waals surface area contributed by atoms with Crippen molar-refractivity contribution in [2.24, 2.45) is 7.05 Å². The topological polar surface area (TPSA) is 88.9 Å². The van der Waals surface area contributed by atoms with Crippen LogP contribution in [0.25, 0.3) is 11.4 Å². The Kier molecular flexibility index (Phi) is 7.30. The summed E-state index contributed by atoms with van der Waals surface area (Å²) in [4.78, 5) is 25.0. The Morgan fingerprint density at radius 1 is 0.971 bits per heavy atom. The molecule has 0 aliphatic heterocycles. The lowest BCUT2D eigenvalue weighted by Gasteiger charge is -2.09. The van der Waals surface area contributed by atoms with Crippen molar-refractivity contribution in [3.05, 3.63) is 88.9 Å². The average molecular weight is 492 g/mol. The number of anilines is 2. The van der Waals surface area contributed by atoms with Crippen LogP contribution in [-0.4, -0.2) is 32.3 Å². The summed E-state index contributed by atoms with van der Waals surface area (Å²) in [5.74, 6) is 0.419. The maximum absolute atomic E-state index is 12.7. The summed E-state index contributed by atoms with van der Waals surface area (Å²) in [7, 11) is 1.84. The fraction of sp³-hybridized carbons (Fsp3) is 0.120. The van der Waals surface area contributed by atoms with E-state index >= 15 is 0 Å². The molecule has 2 amide bonds. The minimum absolute atomic E-state index is 0.156. The number of halogens is 1. The highest BCUT2D eigenvalue weighted by Gasteiger charge is 2.15. The standard InChI is InChI=1S/C25H22ClN5O2S/c1-16-8-3-4-11-19(16)24(33)27-18-10-7-9-17(14-18)23-29-30-25(31(23)2)34-15-22(32)28-21-13-6-5-12-20(21)26/h3-14H,15H2,1-2H3,(H,27,33)(H,28,32). The molecule has 1 heterocycles. The molecule has 0 radical (unpaired) electrons. The molecule has 0 atom stereocenters. The highest BCUT2D eigenvalue weighted by molar-refractivity contribution is 7.99. The van der Waals surface area contributed by atoms with Crippen molar-refractivity contribution in [2.45, 2.75) is 12.1 Å². The van der Waals surface area contributed by atoms with Gasteiger partial charge in [0.15, 0.2) is 11.0 Å². The zero-order chi connectivity index (χ0) is 24.1. The number of amides is 2.